The van der Waals surface area contributed by atoms with Crippen molar-refractivity contribution in [3.63, 3.8) is 0 Å². The molecule has 1 aliphatic carbocycles. The van der Waals surface area contributed by atoms with Gasteiger partial charge in [0.2, 0.25) is 0 Å². The Morgan fingerprint density at radius 3 is 2.52 bits per heavy atom. The molecule has 1 unspecified atom stereocenters. The number of nitrogens with zero attached hydrogens (tertiary/aromatic N) is 2. The van der Waals surface area contributed by atoms with Gasteiger partial charge in [0.15, 0.2) is 0 Å². The Balaban J connectivity index is 1.72. The van der Waals surface area contributed by atoms with Crippen LogP contribution in [0.25, 0.3) is 0 Å². The topological polar surface area (TPSA) is 49.8 Å². The first-order valence-corrected chi connectivity index (χ1v) is 7.59. The van der Waals surface area contributed by atoms with Gasteiger partial charge in [-0.2, -0.15) is 0 Å². The van der Waals surface area contributed by atoms with E-state index in [1.807, 2.05) is 6.92 Å². The molecule has 0 spiro atoms. The SMILES string of the molecule is CCNc1nc(C)nc(NCC2Cc3ccccc32)c1C. The lowest BCUT2D eigenvalue weighted by Crippen LogP contribution is -2.25. The molecule has 1 aromatic carbocycles. The molecule has 0 saturated heterocycles. The number of anilines is 2. The number of hydrogen-bond acceptors (Lipinski definition) is 4. The van der Waals surface area contributed by atoms with E-state index in [4.69, 9.17) is 0 Å². The van der Waals surface area contributed by atoms with Crippen LogP contribution < -0.4 is 10.6 Å². The minimum Gasteiger partial charge on any atom is -0.370 e. The Morgan fingerprint density at radius 1 is 1.10 bits per heavy atom. The van der Waals surface area contributed by atoms with E-state index < -0.39 is 0 Å². The van der Waals surface area contributed by atoms with E-state index in [9.17, 15) is 0 Å². The summed E-state index contributed by atoms with van der Waals surface area (Å²) in [4.78, 5) is 9.00. The minimum absolute atomic E-state index is 0.596. The monoisotopic (exact) mass is 282 g/mol. The number of rotatable bonds is 5. The van der Waals surface area contributed by atoms with E-state index in [1.165, 1.54) is 11.1 Å². The third-order valence-electron chi connectivity index (χ3n) is 4.08. The molecular formula is C17H22N4. The second-order valence-electron chi connectivity index (χ2n) is 5.60. The fourth-order valence-electron chi connectivity index (χ4n) is 2.90. The lowest BCUT2D eigenvalue weighted by Gasteiger charge is -2.30. The molecule has 0 amide bonds. The summed E-state index contributed by atoms with van der Waals surface area (Å²) in [6, 6.07) is 8.68. The van der Waals surface area contributed by atoms with E-state index in [-0.39, 0.29) is 0 Å². The van der Waals surface area contributed by atoms with Crippen LogP contribution in [0.15, 0.2) is 24.3 Å². The first kappa shape index (κ1) is 13.9. The molecule has 2 N–H and O–H groups in total. The van der Waals surface area contributed by atoms with Crippen LogP contribution >= 0.6 is 0 Å². The standard InChI is InChI=1S/C17H22N4/c1-4-18-16-11(2)17(21-12(3)20-16)19-10-14-9-13-7-5-6-8-15(13)14/h5-8,14H,4,9-10H2,1-3H3,(H2,18,19,20,21). The molecule has 1 heterocycles. The smallest absolute Gasteiger partial charge is 0.134 e. The molecule has 0 saturated carbocycles. The zero-order valence-electron chi connectivity index (χ0n) is 12.9. The average molecular weight is 282 g/mol. The van der Waals surface area contributed by atoms with Gasteiger partial charge in [0, 0.05) is 24.6 Å². The largest absolute Gasteiger partial charge is 0.370 e. The summed E-state index contributed by atoms with van der Waals surface area (Å²) in [5.41, 5.74) is 4.05. The molecular weight excluding hydrogens is 260 g/mol. The maximum absolute atomic E-state index is 4.54. The molecule has 2 aromatic rings. The Morgan fingerprint density at radius 2 is 1.81 bits per heavy atom. The predicted octanol–water partition coefficient (Wildman–Crippen LogP) is 3.28. The Hall–Kier alpha value is -2.10. The third-order valence-corrected chi connectivity index (χ3v) is 4.08. The highest BCUT2D eigenvalue weighted by Gasteiger charge is 2.25. The van der Waals surface area contributed by atoms with Crippen LogP contribution in [0.1, 0.15) is 35.4 Å². The van der Waals surface area contributed by atoms with Gasteiger partial charge in [-0.25, -0.2) is 9.97 Å². The highest BCUT2D eigenvalue weighted by Crippen LogP contribution is 2.35. The third kappa shape index (κ3) is 2.71. The Bertz CT molecular complexity index is 651. The first-order valence-electron chi connectivity index (χ1n) is 7.59. The number of fused-ring (bicyclic) bond motifs is 1. The van der Waals surface area contributed by atoms with Crippen LogP contribution in [-0.2, 0) is 6.42 Å². The van der Waals surface area contributed by atoms with Crippen molar-refractivity contribution in [3.05, 3.63) is 46.8 Å². The first-order chi connectivity index (χ1) is 10.2. The number of aromatic nitrogens is 2. The van der Waals surface area contributed by atoms with Crippen LogP contribution in [0.3, 0.4) is 0 Å². The maximum atomic E-state index is 4.54. The lowest BCUT2D eigenvalue weighted by molar-refractivity contribution is 0.634. The molecule has 0 radical (unpaired) electrons. The zero-order chi connectivity index (χ0) is 14.8. The van der Waals surface area contributed by atoms with Crippen LogP contribution in [0.2, 0.25) is 0 Å². The van der Waals surface area contributed by atoms with E-state index in [0.717, 1.165) is 42.5 Å². The van der Waals surface area contributed by atoms with Crippen LogP contribution in [0.4, 0.5) is 11.6 Å². The average Bonchev–Trinajstić information content (AvgIpc) is 2.45. The summed E-state index contributed by atoms with van der Waals surface area (Å²) < 4.78 is 0. The highest BCUT2D eigenvalue weighted by molar-refractivity contribution is 5.57. The van der Waals surface area contributed by atoms with Gasteiger partial charge in [0.25, 0.3) is 0 Å². The minimum atomic E-state index is 0.596. The molecule has 21 heavy (non-hydrogen) atoms. The van der Waals surface area contributed by atoms with Crippen molar-refractivity contribution in [3.8, 4) is 0 Å². The van der Waals surface area contributed by atoms with Crippen molar-refractivity contribution in [2.75, 3.05) is 23.7 Å². The van der Waals surface area contributed by atoms with Gasteiger partial charge in [-0.3, -0.25) is 0 Å². The van der Waals surface area contributed by atoms with Gasteiger partial charge in [-0.05, 0) is 38.3 Å². The van der Waals surface area contributed by atoms with Crippen molar-refractivity contribution >= 4 is 11.6 Å². The summed E-state index contributed by atoms with van der Waals surface area (Å²) in [5.74, 6) is 3.27. The number of benzene rings is 1. The molecule has 0 bridgehead atoms. The van der Waals surface area contributed by atoms with Gasteiger partial charge in [-0.15, -0.1) is 0 Å². The summed E-state index contributed by atoms with van der Waals surface area (Å²) in [5, 5.41) is 6.80. The van der Waals surface area contributed by atoms with Crippen molar-refractivity contribution in [1.29, 1.82) is 0 Å². The Labute approximate surface area is 126 Å². The summed E-state index contributed by atoms with van der Waals surface area (Å²) in [7, 11) is 0. The molecule has 1 aromatic heterocycles. The molecule has 110 valence electrons. The quantitative estimate of drug-likeness (QED) is 0.883. The zero-order valence-corrected chi connectivity index (χ0v) is 12.9. The second-order valence-corrected chi connectivity index (χ2v) is 5.60. The predicted molar refractivity (Wildman–Crippen MR) is 87.0 cm³/mol. The van der Waals surface area contributed by atoms with Gasteiger partial charge >= 0.3 is 0 Å². The molecule has 1 aliphatic rings. The fourth-order valence-corrected chi connectivity index (χ4v) is 2.90. The van der Waals surface area contributed by atoms with Crippen molar-refractivity contribution in [2.24, 2.45) is 0 Å². The van der Waals surface area contributed by atoms with E-state index >= 15 is 0 Å². The molecule has 3 rings (SSSR count). The van der Waals surface area contributed by atoms with Gasteiger partial charge in [0.1, 0.15) is 17.5 Å². The molecule has 0 fully saturated rings. The highest BCUT2D eigenvalue weighted by atomic mass is 15.1. The van der Waals surface area contributed by atoms with Crippen molar-refractivity contribution in [2.45, 2.75) is 33.1 Å². The molecule has 4 nitrogen and oxygen atoms in total. The van der Waals surface area contributed by atoms with Gasteiger partial charge in [0.05, 0.1) is 0 Å². The van der Waals surface area contributed by atoms with Crippen LogP contribution in [0, 0.1) is 13.8 Å². The van der Waals surface area contributed by atoms with Crippen molar-refractivity contribution < 1.29 is 0 Å². The lowest BCUT2D eigenvalue weighted by atomic mass is 9.77. The molecule has 4 heteroatoms. The Kier molecular flexibility index (Phi) is 3.78. The number of aryl methyl sites for hydroxylation is 1. The van der Waals surface area contributed by atoms with E-state index in [2.05, 4.69) is 58.7 Å². The van der Waals surface area contributed by atoms with Gasteiger partial charge < -0.3 is 10.6 Å². The number of hydrogen-bond donors (Lipinski definition) is 2. The van der Waals surface area contributed by atoms with Gasteiger partial charge in [-0.1, -0.05) is 24.3 Å². The molecule has 1 atom stereocenters. The normalized spacial score (nSPS) is 16.0. The number of nitrogens with one attached hydrogen (secondary N) is 2. The second kappa shape index (κ2) is 5.72. The van der Waals surface area contributed by atoms with Crippen LogP contribution in [-0.4, -0.2) is 23.1 Å². The summed E-state index contributed by atoms with van der Waals surface area (Å²) in [6.07, 6.45) is 1.16. The van der Waals surface area contributed by atoms with E-state index in [0.29, 0.717) is 5.92 Å². The summed E-state index contributed by atoms with van der Waals surface area (Å²) in [6.45, 7) is 7.88. The van der Waals surface area contributed by atoms with E-state index in [1.54, 1.807) is 0 Å². The summed E-state index contributed by atoms with van der Waals surface area (Å²) >= 11 is 0. The van der Waals surface area contributed by atoms with Crippen molar-refractivity contribution in [1.82, 2.24) is 9.97 Å². The molecule has 0 aliphatic heterocycles. The maximum Gasteiger partial charge on any atom is 0.134 e. The fraction of sp³-hybridized carbons (Fsp3) is 0.412. The van der Waals surface area contributed by atoms with Crippen LogP contribution in [0.5, 0.6) is 0 Å².